The van der Waals surface area contributed by atoms with Crippen LogP contribution in [0.3, 0.4) is 0 Å². The summed E-state index contributed by atoms with van der Waals surface area (Å²) < 4.78 is 0. The molecule has 34 heavy (non-hydrogen) atoms. The Balaban J connectivity index is 1.67. The second kappa shape index (κ2) is 9.85. The van der Waals surface area contributed by atoms with Gasteiger partial charge in [0.1, 0.15) is 12.6 Å². The Labute approximate surface area is 204 Å². The van der Waals surface area contributed by atoms with Crippen LogP contribution >= 0.6 is 11.6 Å². The van der Waals surface area contributed by atoms with Crippen LogP contribution in [0.5, 0.6) is 0 Å². The van der Waals surface area contributed by atoms with E-state index < -0.39 is 6.04 Å². The molecule has 1 atom stereocenters. The average Bonchev–Trinajstić information content (AvgIpc) is 3.07. The van der Waals surface area contributed by atoms with Gasteiger partial charge in [0.25, 0.3) is 5.91 Å². The largest absolute Gasteiger partial charge is 0.352 e. The minimum absolute atomic E-state index is 0.0638. The van der Waals surface area contributed by atoms with Gasteiger partial charge in [0, 0.05) is 28.6 Å². The standard InChI is InChI=1S/C27H28ClN3O3/c1-4-22(26(33)29-17(2)3)30(15-19-9-5-6-13-21(19)28)24(32)16-31-23-14-8-11-18-10-7-12-20(25(18)23)27(31)34/h5-14,17,22H,4,15-16H2,1-3H3,(H,29,33). The van der Waals surface area contributed by atoms with Crippen LogP contribution in [-0.2, 0) is 16.1 Å². The molecule has 0 fully saturated rings. The van der Waals surface area contributed by atoms with E-state index in [0.717, 1.165) is 16.3 Å². The Morgan fingerprint density at radius 1 is 1.03 bits per heavy atom. The molecule has 3 amide bonds. The fourth-order valence-electron chi connectivity index (χ4n) is 4.47. The zero-order valence-corrected chi connectivity index (χ0v) is 20.3. The number of nitrogens with one attached hydrogen (secondary N) is 1. The fraction of sp³-hybridized carbons (Fsp3) is 0.296. The van der Waals surface area contributed by atoms with E-state index in [1.165, 1.54) is 9.80 Å². The second-order valence-corrected chi connectivity index (χ2v) is 9.18. The van der Waals surface area contributed by atoms with Crippen molar-refractivity contribution >= 4 is 45.8 Å². The molecule has 1 heterocycles. The van der Waals surface area contributed by atoms with Gasteiger partial charge < -0.3 is 10.2 Å². The Hall–Kier alpha value is -3.38. The van der Waals surface area contributed by atoms with Gasteiger partial charge in [-0.05, 0) is 49.4 Å². The predicted octanol–water partition coefficient (Wildman–Crippen LogP) is 4.79. The smallest absolute Gasteiger partial charge is 0.259 e. The summed E-state index contributed by atoms with van der Waals surface area (Å²) >= 11 is 6.39. The maximum absolute atomic E-state index is 13.7. The van der Waals surface area contributed by atoms with Gasteiger partial charge in [0.15, 0.2) is 0 Å². The van der Waals surface area contributed by atoms with Crippen LogP contribution in [0.15, 0.2) is 60.7 Å². The number of benzene rings is 3. The van der Waals surface area contributed by atoms with E-state index in [4.69, 9.17) is 11.6 Å². The number of amides is 3. The molecule has 1 N–H and O–H groups in total. The van der Waals surface area contributed by atoms with E-state index in [2.05, 4.69) is 5.32 Å². The lowest BCUT2D eigenvalue weighted by molar-refractivity contribution is -0.140. The molecule has 3 aromatic rings. The monoisotopic (exact) mass is 477 g/mol. The first-order chi connectivity index (χ1) is 16.3. The molecule has 0 saturated heterocycles. The summed E-state index contributed by atoms with van der Waals surface area (Å²) in [6, 6.07) is 17.8. The number of hydrogen-bond donors (Lipinski definition) is 1. The molecule has 4 rings (SSSR count). The predicted molar refractivity (Wildman–Crippen MR) is 135 cm³/mol. The summed E-state index contributed by atoms with van der Waals surface area (Å²) in [5.74, 6) is -0.752. The lowest BCUT2D eigenvalue weighted by Gasteiger charge is -2.32. The van der Waals surface area contributed by atoms with Gasteiger partial charge in [-0.1, -0.05) is 61.0 Å². The molecule has 0 saturated carbocycles. The molecule has 0 bridgehead atoms. The van der Waals surface area contributed by atoms with E-state index in [0.29, 0.717) is 22.7 Å². The number of carbonyl (C=O) groups is 3. The van der Waals surface area contributed by atoms with Crippen molar-refractivity contribution in [1.29, 1.82) is 0 Å². The van der Waals surface area contributed by atoms with Gasteiger partial charge in [-0.3, -0.25) is 19.3 Å². The highest BCUT2D eigenvalue weighted by molar-refractivity contribution is 6.31. The van der Waals surface area contributed by atoms with Crippen LogP contribution in [0, 0.1) is 0 Å². The zero-order chi connectivity index (χ0) is 24.4. The highest BCUT2D eigenvalue weighted by Crippen LogP contribution is 2.37. The molecule has 6 nitrogen and oxygen atoms in total. The third kappa shape index (κ3) is 4.50. The minimum atomic E-state index is -0.693. The summed E-state index contributed by atoms with van der Waals surface area (Å²) in [5, 5.41) is 5.24. The Morgan fingerprint density at radius 3 is 2.41 bits per heavy atom. The van der Waals surface area contributed by atoms with E-state index in [1.54, 1.807) is 12.1 Å². The van der Waals surface area contributed by atoms with Crippen molar-refractivity contribution in [1.82, 2.24) is 10.2 Å². The van der Waals surface area contributed by atoms with Crippen LogP contribution in [0.4, 0.5) is 5.69 Å². The summed E-state index contributed by atoms with van der Waals surface area (Å²) in [6.45, 7) is 5.64. The summed E-state index contributed by atoms with van der Waals surface area (Å²) in [7, 11) is 0. The van der Waals surface area contributed by atoms with Gasteiger partial charge in [-0.25, -0.2) is 0 Å². The first-order valence-electron chi connectivity index (χ1n) is 11.5. The molecule has 0 spiro atoms. The molecule has 3 aromatic carbocycles. The quantitative estimate of drug-likeness (QED) is 0.507. The summed E-state index contributed by atoms with van der Waals surface area (Å²) in [5.41, 5.74) is 2.04. The molecule has 7 heteroatoms. The topological polar surface area (TPSA) is 69.7 Å². The summed E-state index contributed by atoms with van der Waals surface area (Å²) in [4.78, 5) is 43.0. The normalized spacial score (nSPS) is 13.4. The van der Waals surface area contributed by atoms with Crippen molar-refractivity contribution in [3.8, 4) is 0 Å². The van der Waals surface area contributed by atoms with Gasteiger partial charge >= 0.3 is 0 Å². The third-order valence-corrected chi connectivity index (χ3v) is 6.43. The van der Waals surface area contributed by atoms with Gasteiger partial charge in [0.05, 0.1) is 5.69 Å². The van der Waals surface area contributed by atoms with Gasteiger partial charge in [-0.2, -0.15) is 0 Å². The van der Waals surface area contributed by atoms with Crippen molar-refractivity contribution in [2.75, 3.05) is 11.4 Å². The number of nitrogens with zero attached hydrogens (tertiary/aromatic N) is 2. The lowest BCUT2D eigenvalue weighted by Crippen LogP contribution is -2.53. The van der Waals surface area contributed by atoms with Crippen LogP contribution in [-0.4, -0.2) is 41.2 Å². The maximum Gasteiger partial charge on any atom is 0.259 e. The number of rotatable bonds is 8. The number of carbonyl (C=O) groups excluding carboxylic acids is 3. The van der Waals surface area contributed by atoms with Gasteiger partial charge in [-0.15, -0.1) is 0 Å². The molecule has 1 aliphatic heterocycles. The maximum atomic E-state index is 13.7. The van der Waals surface area contributed by atoms with Crippen molar-refractivity contribution in [2.45, 2.75) is 45.8 Å². The fourth-order valence-corrected chi connectivity index (χ4v) is 4.67. The van der Waals surface area contributed by atoms with Crippen molar-refractivity contribution in [3.63, 3.8) is 0 Å². The van der Waals surface area contributed by atoms with E-state index in [9.17, 15) is 14.4 Å². The number of anilines is 1. The molecule has 1 aliphatic rings. The molecular formula is C27H28ClN3O3. The molecule has 0 radical (unpaired) electrons. The molecular weight excluding hydrogens is 450 g/mol. The Bertz CT molecular complexity index is 1250. The lowest BCUT2D eigenvalue weighted by atomic mass is 10.1. The number of halogens is 1. The average molecular weight is 478 g/mol. The number of hydrogen-bond acceptors (Lipinski definition) is 3. The molecule has 0 aliphatic carbocycles. The Morgan fingerprint density at radius 2 is 1.74 bits per heavy atom. The van der Waals surface area contributed by atoms with Gasteiger partial charge in [0.2, 0.25) is 11.8 Å². The van der Waals surface area contributed by atoms with E-state index in [1.807, 2.05) is 69.3 Å². The second-order valence-electron chi connectivity index (χ2n) is 8.77. The molecule has 1 unspecified atom stereocenters. The minimum Gasteiger partial charge on any atom is -0.352 e. The van der Waals surface area contributed by atoms with E-state index in [-0.39, 0.29) is 36.9 Å². The first-order valence-corrected chi connectivity index (χ1v) is 11.9. The third-order valence-electron chi connectivity index (χ3n) is 6.06. The summed E-state index contributed by atoms with van der Waals surface area (Å²) in [6.07, 6.45) is 0.429. The van der Waals surface area contributed by atoms with Crippen LogP contribution in [0.25, 0.3) is 10.8 Å². The first kappa shape index (κ1) is 23.8. The molecule has 0 aromatic heterocycles. The highest BCUT2D eigenvalue weighted by Gasteiger charge is 2.35. The highest BCUT2D eigenvalue weighted by atomic mass is 35.5. The van der Waals surface area contributed by atoms with Crippen LogP contribution in [0.2, 0.25) is 5.02 Å². The van der Waals surface area contributed by atoms with Crippen molar-refractivity contribution < 1.29 is 14.4 Å². The van der Waals surface area contributed by atoms with Crippen LogP contribution in [0.1, 0.15) is 43.1 Å². The SMILES string of the molecule is CCC(C(=O)NC(C)C)N(Cc1ccccc1Cl)C(=O)CN1C(=O)c2cccc3cccc1c23. The molecule has 176 valence electrons. The van der Waals surface area contributed by atoms with Crippen molar-refractivity contribution in [3.05, 3.63) is 76.8 Å². The van der Waals surface area contributed by atoms with Crippen molar-refractivity contribution in [2.24, 2.45) is 0 Å². The zero-order valence-electron chi connectivity index (χ0n) is 19.5. The van der Waals surface area contributed by atoms with E-state index >= 15 is 0 Å². The van der Waals surface area contributed by atoms with Crippen LogP contribution < -0.4 is 10.2 Å². The Kier molecular flexibility index (Phi) is 6.89.